The first-order valence-corrected chi connectivity index (χ1v) is 6.58. The Morgan fingerprint density at radius 3 is 2.62 bits per heavy atom. The fraction of sp³-hybridized carbons (Fsp3) is 0.188. The van der Waals surface area contributed by atoms with E-state index < -0.39 is 6.10 Å². The first-order chi connectivity index (χ1) is 9.99. The Bertz CT molecular complexity index is 717. The molecule has 0 aliphatic carbocycles. The maximum atomic E-state index is 13.3. The van der Waals surface area contributed by atoms with Crippen LogP contribution in [0.15, 0.2) is 42.5 Å². The molecule has 1 heterocycles. The molecule has 2 aromatic carbocycles. The first-order valence-electron chi connectivity index (χ1n) is 6.58. The SMILES string of the molecule is CN1C(=O)C(O)c2ccc(N(C)c3cccc(F)c3)cc21. The molecule has 1 amide bonds. The zero-order valence-electron chi connectivity index (χ0n) is 11.7. The number of hydrogen-bond donors (Lipinski definition) is 1. The standard InChI is InChI=1S/C16H15FN2O2/c1-18(11-5-3-4-10(17)8-11)12-6-7-13-14(9-12)19(2)16(21)15(13)20/h3-9,15,20H,1-2H3. The minimum Gasteiger partial charge on any atom is -0.378 e. The van der Waals surface area contributed by atoms with Gasteiger partial charge in [0.1, 0.15) is 5.82 Å². The molecule has 0 aromatic heterocycles. The maximum absolute atomic E-state index is 13.3. The summed E-state index contributed by atoms with van der Waals surface area (Å²) in [5, 5.41) is 9.85. The van der Waals surface area contributed by atoms with Crippen molar-refractivity contribution in [2.75, 3.05) is 23.9 Å². The molecule has 0 fully saturated rings. The average molecular weight is 286 g/mol. The van der Waals surface area contributed by atoms with Gasteiger partial charge >= 0.3 is 0 Å². The van der Waals surface area contributed by atoms with Crippen molar-refractivity contribution < 1.29 is 14.3 Å². The molecule has 1 aliphatic heterocycles. The van der Waals surface area contributed by atoms with E-state index in [9.17, 15) is 14.3 Å². The molecule has 108 valence electrons. The third-order valence-corrected chi connectivity index (χ3v) is 3.82. The molecule has 1 unspecified atom stereocenters. The van der Waals surface area contributed by atoms with Crippen LogP contribution in [0.3, 0.4) is 0 Å². The zero-order chi connectivity index (χ0) is 15.1. The van der Waals surface area contributed by atoms with Crippen molar-refractivity contribution in [2.24, 2.45) is 0 Å². The van der Waals surface area contributed by atoms with Gasteiger partial charge in [-0.3, -0.25) is 4.79 Å². The van der Waals surface area contributed by atoms with E-state index in [1.54, 1.807) is 31.3 Å². The predicted molar refractivity (Wildman–Crippen MR) is 79.3 cm³/mol. The molecule has 2 aromatic rings. The summed E-state index contributed by atoms with van der Waals surface area (Å²) >= 11 is 0. The van der Waals surface area contributed by atoms with Crippen LogP contribution in [0, 0.1) is 5.82 Å². The molecule has 5 heteroatoms. The van der Waals surface area contributed by atoms with Crippen LogP contribution in [-0.2, 0) is 4.79 Å². The number of benzene rings is 2. The molecule has 1 atom stereocenters. The van der Waals surface area contributed by atoms with E-state index in [-0.39, 0.29) is 11.7 Å². The molecule has 0 spiro atoms. The number of halogens is 1. The van der Waals surface area contributed by atoms with Crippen molar-refractivity contribution in [1.82, 2.24) is 0 Å². The van der Waals surface area contributed by atoms with Crippen LogP contribution in [0.5, 0.6) is 0 Å². The summed E-state index contributed by atoms with van der Waals surface area (Å²) in [6.07, 6.45) is -1.10. The molecule has 0 saturated heterocycles. The van der Waals surface area contributed by atoms with Crippen molar-refractivity contribution in [3.63, 3.8) is 0 Å². The molecule has 21 heavy (non-hydrogen) atoms. The summed E-state index contributed by atoms with van der Waals surface area (Å²) in [5.41, 5.74) is 2.79. The van der Waals surface area contributed by atoms with Gasteiger partial charge in [-0.15, -0.1) is 0 Å². The Kier molecular flexibility index (Phi) is 3.14. The molecular formula is C16H15FN2O2. The van der Waals surface area contributed by atoms with E-state index in [0.29, 0.717) is 16.9 Å². The highest BCUT2D eigenvalue weighted by molar-refractivity contribution is 6.04. The van der Waals surface area contributed by atoms with E-state index in [4.69, 9.17) is 0 Å². The van der Waals surface area contributed by atoms with E-state index >= 15 is 0 Å². The van der Waals surface area contributed by atoms with Crippen LogP contribution >= 0.6 is 0 Å². The van der Waals surface area contributed by atoms with Crippen LogP contribution in [0.2, 0.25) is 0 Å². The number of anilines is 3. The van der Waals surface area contributed by atoms with Gasteiger partial charge in [0, 0.05) is 31.0 Å². The number of likely N-dealkylation sites (N-methyl/N-ethyl adjacent to an activating group) is 1. The van der Waals surface area contributed by atoms with Gasteiger partial charge in [0.2, 0.25) is 0 Å². The van der Waals surface area contributed by atoms with Gasteiger partial charge < -0.3 is 14.9 Å². The molecule has 0 radical (unpaired) electrons. The third kappa shape index (κ3) is 2.15. The minimum absolute atomic E-state index is 0.303. The van der Waals surface area contributed by atoms with Crippen LogP contribution in [-0.4, -0.2) is 25.1 Å². The minimum atomic E-state index is -1.10. The van der Waals surface area contributed by atoms with E-state index in [1.807, 2.05) is 18.0 Å². The first kappa shape index (κ1) is 13.6. The van der Waals surface area contributed by atoms with Gasteiger partial charge in [-0.2, -0.15) is 0 Å². The smallest absolute Gasteiger partial charge is 0.260 e. The second kappa shape index (κ2) is 4.86. The predicted octanol–water partition coefficient (Wildman–Crippen LogP) is 2.60. The lowest BCUT2D eigenvalue weighted by molar-refractivity contribution is -0.125. The lowest BCUT2D eigenvalue weighted by atomic mass is 10.1. The number of hydrogen-bond acceptors (Lipinski definition) is 3. The van der Waals surface area contributed by atoms with Crippen molar-refractivity contribution in [1.29, 1.82) is 0 Å². The maximum Gasteiger partial charge on any atom is 0.260 e. The monoisotopic (exact) mass is 286 g/mol. The van der Waals surface area contributed by atoms with Gasteiger partial charge in [0.05, 0.1) is 5.69 Å². The summed E-state index contributed by atoms with van der Waals surface area (Å²) in [7, 11) is 3.45. The number of rotatable bonds is 2. The Balaban J connectivity index is 2.00. The highest BCUT2D eigenvalue weighted by Gasteiger charge is 2.33. The third-order valence-electron chi connectivity index (χ3n) is 3.82. The largest absolute Gasteiger partial charge is 0.378 e. The second-order valence-electron chi connectivity index (χ2n) is 5.08. The molecule has 0 bridgehead atoms. The molecule has 0 saturated carbocycles. The van der Waals surface area contributed by atoms with E-state index in [2.05, 4.69) is 0 Å². The molecular weight excluding hydrogens is 271 g/mol. The fourth-order valence-corrected chi connectivity index (χ4v) is 2.53. The Morgan fingerprint density at radius 1 is 1.19 bits per heavy atom. The average Bonchev–Trinajstić information content (AvgIpc) is 2.71. The van der Waals surface area contributed by atoms with Gasteiger partial charge in [-0.05, 0) is 30.3 Å². The number of fused-ring (bicyclic) bond motifs is 1. The Morgan fingerprint density at radius 2 is 1.90 bits per heavy atom. The summed E-state index contributed by atoms with van der Waals surface area (Å²) in [6, 6.07) is 11.6. The van der Waals surface area contributed by atoms with Crippen molar-refractivity contribution >= 4 is 23.0 Å². The fourth-order valence-electron chi connectivity index (χ4n) is 2.53. The van der Waals surface area contributed by atoms with Crippen molar-refractivity contribution in [3.05, 3.63) is 53.8 Å². The summed E-state index contributed by atoms with van der Waals surface area (Å²) in [6.45, 7) is 0. The number of aliphatic hydroxyl groups is 1. The van der Waals surface area contributed by atoms with E-state index in [0.717, 1.165) is 5.69 Å². The quantitative estimate of drug-likeness (QED) is 0.923. The number of carbonyl (C=O) groups is 1. The van der Waals surface area contributed by atoms with Gasteiger partial charge in [-0.1, -0.05) is 12.1 Å². The Hall–Kier alpha value is -2.40. The van der Waals surface area contributed by atoms with Crippen LogP contribution < -0.4 is 9.80 Å². The zero-order valence-corrected chi connectivity index (χ0v) is 11.7. The normalized spacial score (nSPS) is 17.0. The number of carbonyl (C=O) groups excluding carboxylic acids is 1. The molecule has 1 N–H and O–H groups in total. The highest BCUT2D eigenvalue weighted by Crippen LogP contribution is 2.38. The Labute approximate surface area is 122 Å². The number of aliphatic hydroxyl groups excluding tert-OH is 1. The van der Waals surface area contributed by atoms with Gasteiger partial charge in [0.15, 0.2) is 6.10 Å². The molecule has 4 nitrogen and oxygen atoms in total. The van der Waals surface area contributed by atoms with Crippen LogP contribution in [0.1, 0.15) is 11.7 Å². The molecule has 3 rings (SSSR count). The van der Waals surface area contributed by atoms with Crippen molar-refractivity contribution in [3.8, 4) is 0 Å². The van der Waals surface area contributed by atoms with Crippen LogP contribution in [0.25, 0.3) is 0 Å². The van der Waals surface area contributed by atoms with E-state index in [1.165, 1.54) is 17.0 Å². The number of nitrogens with zero attached hydrogens (tertiary/aromatic N) is 2. The molecule has 1 aliphatic rings. The van der Waals surface area contributed by atoms with Gasteiger partial charge in [-0.25, -0.2) is 4.39 Å². The summed E-state index contributed by atoms with van der Waals surface area (Å²) in [5.74, 6) is -0.640. The highest BCUT2D eigenvalue weighted by atomic mass is 19.1. The number of amides is 1. The second-order valence-corrected chi connectivity index (χ2v) is 5.08. The topological polar surface area (TPSA) is 43.8 Å². The van der Waals surface area contributed by atoms with Crippen LogP contribution in [0.4, 0.5) is 21.5 Å². The lowest BCUT2D eigenvalue weighted by Gasteiger charge is -2.21. The summed E-state index contributed by atoms with van der Waals surface area (Å²) in [4.78, 5) is 15.0. The van der Waals surface area contributed by atoms with Gasteiger partial charge in [0.25, 0.3) is 5.91 Å². The van der Waals surface area contributed by atoms with Crippen molar-refractivity contribution in [2.45, 2.75) is 6.10 Å². The lowest BCUT2D eigenvalue weighted by Crippen LogP contribution is -2.23. The summed E-state index contributed by atoms with van der Waals surface area (Å²) < 4.78 is 13.3.